The monoisotopic (exact) mass is 399 g/mol. The van der Waals surface area contributed by atoms with Crippen LogP contribution >= 0.6 is 0 Å². The van der Waals surface area contributed by atoms with E-state index in [1.54, 1.807) is 0 Å². The first-order valence-electron chi connectivity index (χ1n) is 11.0. The van der Waals surface area contributed by atoms with Gasteiger partial charge in [-0.05, 0) is 32.1 Å². The van der Waals surface area contributed by atoms with E-state index in [0.717, 1.165) is 25.7 Å². The summed E-state index contributed by atoms with van der Waals surface area (Å²) in [6.07, 6.45) is 17.7. The van der Waals surface area contributed by atoms with Gasteiger partial charge in [0.15, 0.2) is 12.2 Å². The number of nitrogens with one attached hydrogen (secondary N) is 1. The zero-order valence-electron chi connectivity index (χ0n) is 17.6. The van der Waals surface area contributed by atoms with Gasteiger partial charge in [-0.3, -0.25) is 5.41 Å². The standard InChI is InChI=1S/C22H41NO5/c1-2-3-4-5-6-7-8-9-10-11-12-13-14-15-16-17-18-28-21(23)19(24)20(25)22(26)27/h9-10,19-20,23-25H,2-8,11-18H2,1H3,(H,26,27)/b10-9-,23-21?. The van der Waals surface area contributed by atoms with E-state index in [-0.39, 0.29) is 6.61 Å². The van der Waals surface area contributed by atoms with Crippen molar-refractivity contribution in [1.82, 2.24) is 0 Å². The number of aliphatic hydroxyl groups is 2. The molecule has 6 heteroatoms. The molecule has 0 spiro atoms. The van der Waals surface area contributed by atoms with Crippen LogP contribution in [0.25, 0.3) is 0 Å². The van der Waals surface area contributed by atoms with Crippen LogP contribution in [0.2, 0.25) is 0 Å². The number of hydrogen-bond acceptors (Lipinski definition) is 5. The van der Waals surface area contributed by atoms with Crippen LogP contribution in [-0.2, 0) is 9.53 Å². The Balaban J connectivity index is 3.36. The number of carboxylic acids is 1. The molecule has 0 radical (unpaired) electrons. The topological polar surface area (TPSA) is 111 Å². The third-order valence-corrected chi connectivity index (χ3v) is 4.73. The number of carbonyl (C=O) groups is 1. The molecule has 0 aromatic rings. The molecular weight excluding hydrogens is 358 g/mol. The lowest BCUT2D eigenvalue weighted by Gasteiger charge is -2.15. The molecule has 0 heterocycles. The Kier molecular flexibility index (Phi) is 18.0. The van der Waals surface area contributed by atoms with Crippen LogP contribution < -0.4 is 0 Å². The molecule has 6 nitrogen and oxygen atoms in total. The van der Waals surface area contributed by atoms with Gasteiger partial charge in [0, 0.05) is 0 Å². The highest BCUT2D eigenvalue weighted by molar-refractivity contribution is 5.85. The van der Waals surface area contributed by atoms with Crippen LogP contribution in [0.15, 0.2) is 12.2 Å². The normalized spacial score (nSPS) is 13.5. The number of carboxylic acid groups (broad SMARTS) is 1. The third kappa shape index (κ3) is 15.6. The Morgan fingerprint density at radius 2 is 1.29 bits per heavy atom. The van der Waals surface area contributed by atoms with Crippen molar-refractivity contribution in [1.29, 1.82) is 5.41 Å². The van der Waals surface area contributed by atoms with Crippen molar-refractivity contribution in [3.63, 3.8) is 0 Å². The summed E-state index contributed by atoms with van der Waals surface area (Å²) < 4.78 is 5.00. The maximum absolute atomic E-state index is 10.5. The minimum Gasteiger partial charge on any atom is -0.479 e. The second-order valence-electron chi connectivity index (χ2n) is 7.38. The van der Waals surface area contributed by atoms with Crippen molar-refractivity contribution in [3.8, 4) is 0 Å². The summed E-state index contributed by atoms with van der Waals surface area (Å²) in [4.78, 5) is 10.5. The van der Waals surface area contributed by atoms with Crippen LogP contribution in [0.3, 0.4) is 0 Å². The van der Waals surface area contributed by atoms with Crippen molar-refractivity contribution in [2.24, 2.45) is 0 Å². The lowest BCUT2D eigenvalue weighted by Crippen LogP contribution is -2.40. The number of aliphatic carboxylic acids is 1. The summed E-state index contributed by atoms with van der Waals surface area (Å²) in [6, 6.07) is 0. The summed E-state index contributed by atoms with van der Waals surface area (Å²) in [5, 5.41) is 34.5. The van der Waals surface area contributed by atoms with E-state index < -0.39 is 24.1 Å². The molecule has 0 fully saturated rings. The van der Waals surface area contributed by atoms with Gasteiger partial charge in [-0.2, -0.15) is 0 Å². The van der Waals surface area contributed by atoms with E-state index in [2.05, 4.69) is 19.1 Å². The van der Waals surface area contributed by atoms with Crippen molar-refractivity contribution in [3.05, 3.63) is 12.2 Å². The molecule has 0 rings (SSSR count). The van der Waals surface area contributed by atoms with Crippen molar-refractivity contribution < 1.29 is 24.9 Å². The Labute approximate surface area is 170 Å². The Morgan fingerprint density at radius 3 is 1.79 bits per heavy atom. The lowest BCUT2D eigenvalue weighted by atomic mass is 10.1. The highest BCUT2D eigenvalue weighted by atomic mass is 16.5. The fraction of sp³-hybridized carbons (Fsp3) is 0.818. The minimum absolute atomic E-state index is 0.253. The van der Waals surface area contributed by atoms with E-state index in [1.165, 1.54) is 64.2 Å². The first kappa shape index (κ1) is 26.6. The molecule has 2 atom stereocenters. The Hall–Kier alpha value is -1.40. The molecule has 0 aliphatic carbocycles. The molecule has 0 bridgehead atoms. The highest BCUT2D eigenvalue weighted by Gasteiger charge is 2.28. The predicted molar refractivity (Wildman–Crippen MR) is 113 cm³/mol. The fourth-order valence-electron chi connectivity index (χ4n) is 2.90. The maximum Gasteiger partial charge on any atom is 0.335 e. The quantitative estimate of drug-likeness (QED) is 0.108. The summed E-state index contributed by atoms with van der Waals surface area (Å²) in [6.45, 7) is 2.50. The molecule has 2 unspecified atom stereocenters. The molecule has 0 aromatic heterocycles. The van der Waals surface area contributed by atoms with Gasteiger partial charge in [-0.25, -0.2) is 4.79 Å². The highest BCUT2D eigenvalue weighted by Crippen LogP contribution is 2.10. The maximum atomic E-state index is 10.5. The Bertz CT molecular complexity index is 425. The van der Waals surface area contributed by atoms with E-state index >= 15 is 0 Å². The molecule has 4 N–H and O–H groups in total. The average Bonchev–Trinajstić information content (AvgIpc) is 2.68. The van der Waals surface area contributed by atoms with Crippen LogP contribution in [0.5, 0.6) is 0 Å². The smallest absolute Gasteiger partial charge is 0.335 e. The average molecular weight is 400 g/mol. The zero-order valence-corrected chi connectivity index (χ0v) is 17.6. The summed E-state index contributed by atoms with van der Waals surface area (Å²) >= 11 is 0. The van der Waals surface area contributed by atoms with Gasteiger partial charge in [0.25, 0.3) is 0 Å². The van der Waals surface area contributed by atoms with Gasteiger partial charge in [0.05, 0.1) is 6.61 Å². The molecule has 28 heavy (non-hydrogen) atoms. The van der Waals surface area contributed by atoms with Crippen LogP contribution in [0.4, 0.5) is 0 Å². The van der Waals surface area contributed by atoms with Gasteiger partial charge in [-0.1, -0.05) is 76.9 Å². The van der Waals surface area contributed by atoms with Gasteiger partial charge in [-0.15, -0.1) is 0 Å². The SMILES string of the molecule is CCCCCCCC/C=C\CCCCCCCCOC(=N)C(O)C(O)C(=O)O. The van der Waals surface area contributed by atoms with Crippen LogP contribution in [0.1, 0.15) is 96.8 Å². The number of hydrogen-bond donors (Lipinski definition) is 4. The van der Waals surface area contributed by atoms with E-state index in [4.69, 9.17) is 20.4 Å². The van der Waals surface area contributed by atoms with E-state index in [1.807, 2.05) is 0 Å². The third-order valence-electron chi connectivity index (χ3n) is 4.73. The first-order valence-corrected chi connectivity index (χ1v) is 11.0. The summed E-state index contributed by atoms with van der Waals surface area (Å²) in [5.41, 5.74) is 0. The first-order chi connectivity index (χ1) is 13.5. The van der Waals surface area contributed by atoms with Gasteiger partial charge >= 0.3 is 5.97 Å². The predicted octanol–water partition coefficient (Wildman–Crippen LogP) is 4.82. The molecule has 0 saturated carbocycles. The lowest BCUT2D eigenvalue weighted by molar-refractivity contribution is -0.150. The molecule has 0 aliphatic rings. The largest absolute Gasteiger partial charge is 0.479 e. The molecular formula is C22H41NO5. The number of rotatable bonds is 19. The fourth-order valence-corrected chi connectivity index (χ4v) is 2.90. The van der Waals surface area contributed by atoms with Gasteiger partial charge < -0.3 is 20.1 Å². The van der Waals surface area contributed by atoms with Gasteiger partial charge in [0.2, 0.25) is 5.90 Å². The molecule has 0 amide bonds. The van der Waals surface area contributed by atoms with Crippen LogP contribution in [0, 0.1) is 5.41 Å². The van der Waals surface area contributed by atoms with E-state index in [0.29, 0.717) is 0 Å². The number of aliphatic hydroxyl groups excluding tert-OH is 2. The second-order valence-corrected chi connectivity index (χ2v) is 7.38. The van der Waals surface area contributed by atoms with Gasteiger partial charge in [0.1, 0.15) is 0 Å². The Morgan fingerprint density at radius 1 is 0.821 bits per heavy atom. The van der Waals surface area contributed by atoms with Crippen molar-refractivity contribution in [2.45, 2.75) is 109 Å². The summed E-state index contributed by atoms with van der Waals surface area (Å²) in [7, 11) is 0. The zero-order chi connectivity index (χ0) is 21.0. The number of allylic oxidation sites excluding steroid dienone is 2. The number of ether oxygens (including phenoxy) is 1. The van der Waals surface area contributed by atoms with Crippen molar-refractivity contribution >= 4 is 11.9 Å². The molecule has 164 valence electrons. The second kappa shape index (κ2) is 18.9. The molecule has 0 saturated heterocycles. The molecule has 0 aromatic carbocycles. The van der Waals surface area contributed by atoms with Crippen molar-refractivity contribution in [2.75, 3.05) is 6.61 Å². The van der Waals surface area contributed by atoms with Crippen LogP contribution in [-0.4, -0.2) is 46.0 Å². The van der Waals surface area contributed by atoms with E-state index in [9.17, 15) is 9.90 Å². The minimum atomic E-state index is -2.02. The summed E-state index contributed by atoms with van der Waals surface area (Å²) in [5.74, 6) is -2.17. The number of unbranched alkanes of at least 4 members (excludes halogenated alkanes) is 12. The molecule has 0 aliphatic heterocycles.